The van der Waals surface area contributed by atoms with E-state index in [2.05, 4.69) is 11.9 Å². The molecule has 0 aliphatic rings. The second-order valence-corrected chi connectivity index (χ2v) is 7.27. The smallest absolute Gasteiger partial charge is 0.225 e. The maximum atomic E-state index is 12.3. The van der Waals surface area contributed by atoms with E-state index >= 15 is 0 Å². The van der Waals surface area contributed by atoms with Crippen molar-refractivity contribution in [1.29, 1.82) is 0 Å². The van der Waals surface area contributed by atoms with Crippen molar-refractivity contribution in [2.75, 3.05) is 6.54 Å². The number of ether oxygens (including phenoxy) is 1. The predicted octanol–water partition coefficient (Wildman–Crippen LogP) is 4.77. The van der Waals surface area contributed by atoms with Gasteiger partial charge in [-0.2, -0.15) is 0 Å². The van der Waals surface area contributed by atoms with Gasteiger partial charge < -0.3 is 9.64 Å². The van der Waals surface area contributed by atoms with E-state index in [0.29, 0.717) is 18.2 Å². The average molecular weight is 367 g/mol. The molecule has 1 aromatic carbocycles. The van der Waals surface area contributed by atoms with Crippen LogP contribution in [0.25, 0.3) is 0 Å². The quantitative estimate of drug-likeness (QED) is 0.675. The van der Waals surface area contributed by atoms with Crippen LogP contribution in [0.1, 0.15) is 37.9 Å². The number of benzene rings is 1. The number of hydrogen-bond acceptors (Lipinski definition) is 4. The van der Waals surface area contributed by atoms with E-state index in [1.54, 1.807) is 17.4 Å². The van der Waals surface area contributed by atoms with Gasteiger partial charge in [0.15, 0.2) is 0 Å². The minimum atomic E-state index is 0.000758. The molecule has 0 unspecified atom stereocenters. The van der Waals surface area contributed by atoms with Gasteiger partial charge in [0.25, 0.3) is 0 Å². The van der Waals surface area contributed by atoms with Gasteiger partial charge in [-0.15, -0.1) is 11.3 Å². The van der Waals surface area contributed by atoms with Gasteiger partial charge >= 0.3 is 0 Å². The Kier molecular flexibility index (Phi) is 7.06. The fourth-order valence-electron chi connectivity index (χ4n) is 2.29. The molecule has 2 rings (SSSR count). The molecular formula is C18H23ClN2O2S. The third-order valence-corrected chi connectivity index (χ3v) is 4.52. The van der Waals surface area contributed by atoms with Crippen LogP contribution in [0.4, 0.5) is 0 Å². The number of amides is 1. The summed E-state index contributed by atoms with van der Waals surface area (Å²) >= 11 is 7.49. The molecule has 6 heteroatoms. The van der Waals surface area contributed by atoms with Gasteiger partial charge in [0.1, 0.15) is 17.4 Å². The lowest BCUT2D eigenvalue weighted by Gasteiger charge is -2.23. The van der Waals surface area contributed by atoms with Crippen molar-refractivity contribution >= 4 is 28.8 Å². The number of carbonyl (C=O) groups is 1. The number of halogens is 1. The van der Waals surface area contributed by atoms with Crippen molar-refractivity contribution in [1.82, 2.24) is 9.88 Å². The molecular weight excluding hydrogens is 344 g/mol. The highest BCUT2D eigenvalue weighted by atomic mass is 35.5. The standard InChI is InChI=1S/C18H23ClN2O2S/c1-4-8-21(18(22)13(2)3)10-15-12-24-17(20-15)11-23-16-7-5-6-14(19)9-16/h5-7,9,12-13H,4,8,10-11H2,1-3H3. The number of nitrogens with zero attached hydrogens (tertiary/aromatic N) is 2. The minimum Gasteiger partial charge on any atom is -0.486 e. The first-order chi connectivity index (χ1) is 11.5. The molecule has 0 fully saturated rings. The molecule has 24 heavy (non-hydrogen) atoms. The Hall–Kier alpha value is -1.59. The number of rotatable bonds is 8. The third kappa shape index (κ3) is 5.49. The van der Waals surface area contributed by atoms with Crippen molar-refractivity contribution in [2.45, 2.75) is 40.3 Å². The van der Waals surface area contributed by atoms with Crippen molar-refractivity contribution < 1.29 is 9.53 Å². The SMILES string of the molecule is CCCN(Cc1csc(COc2cccc(Cl)c2)n1)C(=O)C(C)C. The topological polar surface area (TPSA) is 42.4 Å². The summed E-state index contributed by atoms with van der Waals surface area (Å²) in [6.07, 6.45) is 0.938. The van der Waals surface area contributed by atoms with Crippen LogP contribution in [-0.2, 0) is 17.9 Å². The van der Waals surface area contributed by atoms with Crippen LogP contribution in [0.5, 0.6) is 5.75 Å². The average Bonchev–Trinajstić information content (AvgIpc) is 2.99. The summed E-state index contributed by atoms with van der Waals surface area (Å²) in [4.78, 5) is 18.7. The van der Waals surface area contributed by atoms with E-state index in [4.69, 9.17) is 16.3 Å². The lowest BCUT2D eigenvalue weighted by Crippen LogP contribution is -2.34. The van der Waals surface area contributed by atoms with Gasteiger partial charge in [0.2, 0.25) is 5.91 Å². The van der Waals surface area contributed by atoms with Crippen molar-refractivity contribution in [3.63, 3.8) is 0 Å². The molecule has 0 saturated heterocycles. The van der Waals surface area contributed by atoms with Gasteiger partial charge in [-0.3, -0.25) is 4.79 Å². The van der Waals surface area contributed by atoms with E-state index in [1.165, 1.54) is 0 Å². The highest BCUT2D eigenvalue weighted by Crippen LogP contribution is 2.20. The molecule has 0 atom stereocenters. The summed E-state index contributed by atoms with van der Waals surface area (Å²) < 4.78 is 5.71. The zero-order valence-corrected chi connectivity index (χ0v) is 15.9. The van der Waals surface area contributed by atoms with Gasteiger partial charge in [0, 0.05) is 22.9 Å². The van der Waals surface area contributed by atoms with Crippen molar-refractivity contribution in [2.24, 2.45) is 5.92 Å². The van der Waals surface area contributed by atoms with E-state index < -0.39 is 0 Å². The summed E-state index contributed by atoms with van der Waals surface area (Å²) in [5.74, 6) is 0.893. The van der Waals surface area contributed by atoms with Crippen LogP contribution < -0.4 is 4.74 Å². The van der Waals surface area contributed by atoms with Gasteiger partial charge in [0.05, 0.1) is 12.2 Å². The molecule has 1 aromatic heterocycles. The van der Waals surface area contributed by atoms with Crippen LogP contribution in [0, 0.1) is 5.92 Å². The van der Waals surface area contributed by atoms with E-state index in [-0.39, 0.29) is 11.8 Å². The monoisotopic (exact) mass is 366 g/mol. The first-order valence-corrected chi connectivity index (χ1v) is 9.35. The van der Waals surface area contributed by atoms with Crippen LogP contribution in [0.2, 0.25) is 5.02 Å². The maximum Gasteiger partial charge on any atom is 0.225 e. The Labute approximate surface area is 152 Å². The first-order valence-electron chi connectivity index (χ1n) is 8.10. The lowest BCUT2D eigenvalue weighted by atomic mass is 10.2. The Bertz CT molecular complexity index is 673. The maximum absolute atomic E-state index is 12.3. The summed E-state index contributed by atoms with van der Waals surface area (Å²) in [5, 5.41) is 3.53. The van der Waals surface area contributed by atoms with Gasteiger partial charge in [-0.1, -0.05) is 38.4 Å². The molecule has 4 nitrogen and oxygen atoms in total. The molecule has 2 aromatic rings. The molecule has 0 spiro atoms. The largest absolute Gasteiger partial charge is 0.486 e. The van der Waals surface area contributed by atoms with Gasteiger partial charge in [-0.05, 0) is 24.6 Å². The molecule has 0 aliphatic heterocycles. The molecule has 1 amide bonds. The summed E-state index contributed by atoms with van der Waals surface area (Å²) in [5.41, 5.74) is 0.909. The molecule has 0 aliphatic carbocycles. The Morgan fingerprint density at radius 1 is 1.42 bits per heavy atom. The van der Waals surface area contributed by atoms with Crippen LogP contribution in [-0.4, -0.2) is 22.3 Å². The first kappa shape index (κ1) is 18.7. The lowest BCUT2D eigenvalue weighted by molar-refractivity contribution is -0.135. The van der Waals surface area contributed by atoms with E-state index in [9.17, 15) is 4.79 Å². The Balaban J connectivity index is 1.95. The molecule has 0 N–H and O–H groups in total. The summed E-state index contributed by atoms with van der Waals surface area (Å²) in [6.45, 7) is 7.64. The zero-order chi connectivity index (χ0) is 17.5. The molecule has 1 heterocycles. The highest BCUT2D eigenvalue weighted by Gasteiger charge is 2.17. The zero-order valence-electron chi connectivity index (χ0n) is 14.3. The normalized spacial score (nSPS) is 10.9. The number of thiazole rings is 1. The Morgan fingerprint density at radius 3 is 2.88 bits per heavy atom. The summed E-state index contributed by atoms with van der Waals surface area (Å²) in [6, 6.07) is 7.31. The molecule has 0 saturated carbocycles. The van der Waals surface area contributed by atoms with Crippen molar-refractivity contribution in [3.05, 3.63) is 45.4 Å². The van der Waals surface area contributed by atoms with Crippen LogP contribution >= 0.6 is 22.9 Å². The molecule has 0 radical (unpaired) electrons. The summed E-state index contributed by atoms with van der Waals surface area (Å²) in [7, 11) is 0. The molecule has 0 bridgehead atoms. The number of carbonyl (C=O) groups excluding carboxylic acids is 1. The highest BCUT2D eigenvalue weighted by molar-refractivity contribution is 7.09. The fraction of sp³-hybridized carbons (Fsp3) is 0.444. The van der Waals surface area contributed by atoms with E-state index in [0.717, 1.165) is 29.4 Å². The van der Waals surface area contributed by atoms with Gasteiger partial charge in [-0.25, -0.2) is 4.98 Å². The number of hydrogen-bond donors (Lipinski definition) is 0. The molecule has 130 valence electrons. The van der Waals surface area contributed by atoms with Crippen molar-refractivity contribution in [3.8, 4) is 5.75 Å². The Morgan fingerprint density at radius 2 is 2.21 bits per heavy atom. The fourth-order valence-corrected chi connectivity index (χ4v) is 3.16. The van der Waals surface area contributed by atoms with E-state index in [1.807, 2.05) is 42.3 Å². The second kappa shape index (κ2) is 9.04. The minimum absolute atomic E-state index is 0.000758. The predicted molar refractivity (Wildman–Crippen MR) is 98.4 cm³/mol. The second-order valence-electron chi connectivity index (χ2n) is 5.89. The van der Waals surface area contributed by atoms with Crippen LogP contribution in [0.15, 0.2) is 29.6 Å². The number of aromatic nitrogens is 1. The van der Waals surface area contributed by atoms with Crippen LogP contribution in [0.3, 0.4) is 0 Å². The third-order valence-electron chi connectivity index (χ3n) is 3.41.